The van der Waals surface area contributed by atoms with E-state index in [-0.39, 0.29) is 5.91 Å². The number of imidazole rings is 1. The van der Waals surface area contributed by atoms with Gasteiger partial charge in [0.05, 0.1) is 24.8 Å². The molecule has 0 saturated carbocycles. The Labute approximate surface area is 189 Å². The summed E-state index contributed by atoms with van der Waals surface area (Å²) in [7, 11) is 1.67. The number of hydrogen-bond donors (Lipinski definition) is 0. The van der Waals surface area contributed by atoms with Gasteiger partial charge in [-0.15, -0.1) is 0 Å². The molecule has 0 bridgehead atoms. The normalized spacial score (nSPS) is 19.8. The van der Waals surface area contributed by atoms with Crippen LogP contribution in [-0.2, 0) is 17.6 Å². The van der Waals surface area contributed by atoms with Crippen LogP contribution in [0.4, 0.5) is 0 Å². The molecule has 1 aliphatic carbocycles. The fraction of sp³-hybridized carbons (Fsp3) is 0.333. The van der Waals surface area contributed by atoms with E-state index in [4.69, 9.17) is 4.74 Å². The number of carbonyl (C=O) groups excluding carboxylic acids is 1. The molecule has 1 aliphatic heterocycles. The van der Waals surface area contributed by atoms with E-state index in [2.05, 4.69) is 34.1 Å². The number of fused-ring (bicyclic) bond motifs is 1. The van der Waals surface area contributed by atoms with Gasteiger partial charge in [-0.25, -0.2) is 4.98 Å². The third kappa shape index (κ3) is 3.95. The molecule has 1 aromatic heterocycles. The Hall–Kier alpha value is -3.34. The number of ether oxygens (including phenoxy) is 1. The molecule has 5 heteroatoms. The summed E-state index contributed by atoms with van der Waals surface area (Å²) < 4.78 is 7.60. The van der Waals surface area contributed by atoms with Crippen molar-refractivity contribution in [2.45, 2.75) is 45.1 Å². The average molecular weight is 428 g/mol. The van der Waals surface area contributed by atoms with Gasteiger partial charge in [-0.05, 0) is 73.9 Å². The smallest absolute Gasteiger partial charge is 0.250 e. The van der Waals surface area contributed by atoms with Gasteiger partial charge in [0.25, 0.3) is 0 Å². The molecule has 1 amide bonds. The van der Waals surface area contributed by atoms with Gasteiger partial charge in [-0.3, -0.25) is 4.79 Å². The molecule has 2 aliphatic rings. The number of aryl methyl sites for hydroxylation is 2. The molecule has 0 spiro atoms. The van der Waals surface area contributed by atoms with Crippen molar-refractivity contribution in [1.82, 2.24) is 14.5 Å². The number of amides is 1. The molecule has 1 fully saturated rings. The van der Waals surface area contributed by atoms with E-state index in [1.165, 1.54) is 11.1 Å². The standard InChI is InChI=1S/C27H29N3O2/c1-19-17-29(18-28-19)25-12-9-20(15-26(25)32-2)14-23-8-5-13-30(27(23)31)24-11-10-21-6-3-4-7-22(21)16-24/h3-4,6-7,9,12,14-15,17-18,24H,5,8,10-11,13,16H2,1-2H3/t24-/m1/s1. The highest BCUT2D eigenvalue weighted by Gasteiger charge is 2.31. The minimum Gasteiger partial charge on any atom is -0.495 e. The first-order chi connectivity index (χ1) is 15.6. The maximum atomic E-state index is 13.4. The zero-order valence-electron chi connectivity index (χ0n) is 18.8. The largest absolute Gasteiger partial charge is 0.495 e. The average Bonchev–Trinajstić information content (AvgIpc) is 3.26. The van der Waals surface area contributed by atoms with E-state index in [1.54, 1.807) is 13.4 Å². The van der Waals surface area contributed by atoms with E-state index in [9.17, 15) is 4.79 Å². The van der Waals surface area contributed by atoms with Crippen LogP contribution in [0.1, 0.15) is 41.6 Å². The second-order valence-electron chi connectivity index (χ2n) is 8.79. The van der Waals surface area contributed by atoms with Gasteiger partial charge in [0.15, 0.2) is 0 Å². The van der Waals surface area contributed by atoms with Crippen LogP contribution in [0.5, 0.6) is 5.75 Å². The molecular weight excluding hydrogens is 398 g/mol. The van der Waals surface area contributed by atoms with Gasteiger partial charge in [0.2, 0.25) is 5.91 Å². The minimum absolute atomic E-state index is 0.189. The van der Waals surface area contributed by atoms with Gasteiger partial charge in [0.1, 0.15) is 5.75 Å². The molecule has 3 aromatic rings. The predicted octanol–water partition coefficient (Wildman–Crippen LogP) is 4.75. The third-order valence-electron chi connectivity index (χ3n) is 6.68. The summed E-state index contributed by atoms with van der Waals surface area (Å²) in [6, 6.07) is 15.0. The van der Waals surface area contributed by atoms with E-state index in [0.29, 0.717) is 6.04 Å². The van der Waals surface area contributed by atoms with Crippen molar-refractivity contribution in [3.05, 3.63) is 82.9 Å². The Morgan fingerprint density at radius 1 is 1.12 bits per heavy atom. The van der Waals surface area contributed by atoms with E-state index in [0.717, 1.165) is 66.9 Å². The summed E-state index contributed by atoms with van der Waals surface area (Å²) in [5.41, 5.74) is 6.60. The monoisotopic (exact) mass is 427 g/mol. The van der Waals surface area contributed by atoms with Crippen LogP contribution in [-0.4, -0.2) is 40.1 Å². The van der Waals surface area contributed by atoms with Crippen LogP contribution in [0.2, 0.25) is 0 Å². The van der Waals surface area contributed by atoms with Gasteiger partial charge in [0, 0.05) is 24.4 Å². The van der Waals surface area contributed by atoms with E-state index < -0.39 is 0 Å². The van der Waals surface area contributed by atoms with Crippen molar-refractivity contribution in [2.75, 3.05) is 13.7 Å². The molecule has 5 rings (SSSR count). The van der Waals surface area contributed by atoms with Crippen molar-refractivity contribution in [2.24, 2.45) is 0 Å². The van der Waals surface area contributed by atoms with Gasteiger partial charge in [-0.1, -0.05) is 30.3 Å². The lowest BCUT2D eigenvalue weighted by molar-refractivity contribution is -0.131. The molecule has 0 radical (unpaired) electrons. The van der Waals surface area contributed by atoms with Gasteiger partial charge < -0.3 is 14.2 Å². The Morgan fingerprint density at radius 3 is 2.75 bits per heavy atom. The fourth-order valence-electron chi connectivity index (χ4n) is 5.01. The second kappa shape index (κ2) is 8.65. The van der Waals surface area contributed by atoms with Crippen LogP contribution >= 0.6 is 0 Å². The molecule has 2 heterocycles. The highest BCUT2D eigenvalue weighted by molar-refractivity contribution is 5.98. The van der Waals surface area contributed by atoms with Crippen molar-refractivity contribution >= 4 is 12.0 Å². The maximum Gasteiger partial charge on any atom is 0.250 e. The van der Waals surface area contributed by atoms with Gasteiger partial charge in [-0.2, -0.15) is 0 Å². The number of rotatable bonds is 4. The number of benzene rings is 2. The lowest BCUT2D eigenvalue weighted by Crippen LogP contribution is -2.46. The summed E-state index contributed by atoms with van der Waals surface area (Å²) >= 11 is 0. The highest BCUT2D eigenvalue weighted by Crippen LogP contribution is 2.31. The van der Waals surface area contributed by atoms with Crippen molar-refractivity contribution in [3.8, 4) is 11.4 Å². The Balaban J connectivity index is 1.38. The van der Waals surface area contributed by atoms with Crippen LogP contribution in [0, 0.1) is 6.92 Å². The zero-order chi connectivity index (χ0) is 22.1. The number of aromatic nitrogens is 2. The minimum atomic E-state index is 0.189. The molecule has 1 saturated heterocycles. The molecule has 2 aromatic carbocycles. The molecule has 164 valence electrons. The summed E-state index contributed by atoms with van der Waals surface area (Å²) in [6.45, 7) is 2.82. The SMILES string of the molecule is COc1cc(C=C2CCCN([C@@H]3CCc4ccccc4C3)C2=O)ccc1-n1cnc(C)c1. The van der Waals surface area contributed by atoms with Crippen molar-refractivity contribution < 1.29 is 9.53 Å². The fourth-order valence-corrected chi connectivity index (χ4v) is 5.01. The van der Waals surface area contributed by atoms with Crippen LogP contribution in [0.3, 0.4) is 0 Å². The molecule has 32 heavy (non-hydrogen) atoms. The van der Waals surface area contributed by atoms with Crippen molar-refractivity contribution in [3.63, 3.8) is 0 Å². The van der Waals surface area contributed by atoms with Crippen molar-refractivity contribution in [1.29, 1.82) is 0 Å². The van der Waals surface area contributed by atoms with Crippen LogP contribution in [0.15, 0.2) is 60.6 Å². The Bertz CT molecular complexity index is 1180. The lowest BCUT2D eigenvalue weighted by Gasteiger charge is -2.38. The molecule has 0 unspecified atom stereocenters. The molecular formula is C27H29N3O2. The van der Waals surface area contributed by atoms with E-state index >= 15 is 0 Å². The molecule has 0 N–H and O–H groups in total. The summed E-state index contributed by atoms with van der Waals surface area (Å²) in [5.74, 6) is 0.953. The first-order valence-corrected chi connectivity index (χ1v) is 11.4. The van der Waals surface area contributed by atoms with Crippen LogP contribution in [0.25, 0.3) is 11.8 Å². The lowest BCUT2D eigenvalue weighted by atomic mass is 9.86. The molecule has 5 nitrogen and oxygen atoms in total. The highest BCUT2D eigenvalue weighted by atomic mass is 16.5. The number of piperidine rings is 1. The first-order valence-electron chi connectivity index (χ1n) is 11.4. The number of carbonyl (C=O) groups is 1. The topological polar surface area (TPSA) is 47.4 Å². The van der Waals surface area contributed by atoms with Crippen LogP contribution < -0.4 is 4.74 Å². The Kier molecular flexibility index (Phi) is 5.56. The quantitative estimate of drug-likeness (QED) is 0.565. The summed E-state index contributed by atoms with van der Waals surface area (Å²) in [6.07, 6.45) is 10.7. The number of nitrogens with zero attached hydrogens (tertiary/aromatic N) is 3. The molecule has 1 atom stereocenters. The summed E-state index contributed by atoms with van der Waals surface area (Å²) in [4.78, 5) is 19.8. The predicted molar refractivity (Wildman–Crippen MR) is 126 cm³/mol. The first kappa shape index (κ1) is 20.6. The van der Waals surface area contributed by atoms with Gasteiger partial charge >= 0.3 is 0 Å². The number of likely N-dealkylation sites (tertiary alicyclic amines) is 1. The Morgan fingerprint density at radius 2 is 1.97 bits per heavy atom. The maximum absolute atomic E-state index is 13.4. The number of methoxy groups -OCH3 is 1. The number of hydrogen-bond acceptors (Lipinski definition) is 3. The van der Waals surface area contributed by atoms with E-state index in [1.807, 2.05) is 42.0 Å². The summed E-state index contributed by atoms with van der Waals surface area (Å²) in [5, 5.41) is 0. The third-order valence-corrected chi connectivity index (χ3v) is 6.68. The zero-order valence-corrected chi connectivity index (χ0v) is 18.8. The second-order valence-corrected chi connectivity index (χ2v) is 8.79.